The second-order valence-electron chi connectivity index (χ2n) is 15.6. The Balaban J connectivity index is 1.23. The number of benzene rings is 9. The van der Waals surface area contributed by atoms with Gasteiger partial charge in [-0.3, -0.25) is 0 Å². The molecule has 11 rings (SSSR count). The van der Waals surface area contributed by atoms with Crippen molar-refractivity contribution in [2.75, 3.05) is 0 Å². The average molecular weight is 728 g/mol. The van der Waals surface area contributed by atoms with Gasteiger partial charge in [0, 0.05) is 22.1 Å². The highest BCUT2D eigenvalue weighted by Crippen LogP contribution is 2.51. The Labute approximate surface area is 332 Å². The van der Waals surface area contributed by atoms with Gasteiger partial charge >= 0.3 is 0 Å². The minimum atomic E-state index is -0.129. The molecule has 0 aliphatic heterocycles. The first kappa shape index (κ1) is 33.1. The lowest BCUT2D eigenvalue weighted by Crippen LogP contribution is -2.14. The first-order valence-electron chi connectivity index (χ1n) is 19.6. The van der Waals surface area contributed by atoms with Gasteiger partial charge in [0.25, 0.3) is 0 Å². The van der Waals surface area contributed by atoms with Crippen LogP contribution in [0.25, 0.3) is 99.9 Å². The minimum Gasteiger partial charge on any atom is -0.208 e. The van der Waals surface area contributed by atoms with Crippen molar-refractivity contribution in [3.63, 3.8) is 0 Å². The predicted octanol–water partition coefficient (Wildman–Crippen LogP) is 14.0. The summed E-state index contributed by atoms with van der Waals surface area (Å²) >= 11 is 0. The molecule has 0 fully saturated rings. The Morgan fingerprint density at radius 3 is 1.58 bits per heavy atom. The molecule has 57 heavy (non-hydrogen) atoms. The van der Waals surface area contributed by atoms with Gasteiger partial charge in [-0.2, -0.15) is 0 Å². The number of hydrogen-bond acceptors (Lipinski definition) is 3. The van der Waals surface area contributed by atoms with Gasteiger partial charge in [0.05, 0.1) is 0 Å². The molecule has 10 aromatic rings. The van der Waals surface area contributed by atoms with Gasteiger partial charge in [-0.15, -0.1) is 0 Å². The summed E-state index contributed by atoms with van der Waals surface area (Å²) in [6.45, 7) is 4.71. The molecule has 1 aliphatic carbocycles. The molecule has 268 valence electrons. The third kappa shape index (κ3) is 5.38. The number of nitrogens with zero attached hydrogens (tertiary/aromatic N) is 3. The van der Waals surface area contributed by atoms with E-state index >= 15 is 0 Å². The molecule has 0 radical (unpaired) electrons. The van der Waals surface area contributed by atoms with E-state index in [0.717, 1.165) is 43.8 Å². The molecule has 3 nitrogen and oxygen atoms in total. The molecule has 0 unspecified atom stereocenters. The Morgan fingerprint density at radius 2 is 0.842 bits per heavy atom. The lowest BCUT2D eigenvalue weighted by Gasteiger charge is -2.23. The molecule has 0 saturated heterocycles. The van der Waals surface area contributed by atoms with Gasteiger partial charge in [-0.25, -0.2) is 15.0 Å². The van der Waals surface area contributed by atoms with E-state index in [1.54, 1.807) is 0 Å². The van der Waals surface area contributed by atoms with Gasteiger partial charge in [0.1, 0.15) is 0 Å². The van der Waals surface area contributed by atoms with Crippen LogP contribution < -0.4 is 0 Å². The molecule has 1 aliphatic rings. The second kappa shape index (κ2) is 12.9. The van der Waals surface area contributed by atoms with Crippen molar-refractivity contribution >= 4 is 32.3 Å². The van der Waals surface area contributed by atoms with E-state index in [1.807, 2.05) is 36.4 Å². The topological polar surface area (TPSA) is 38.7 Å². The SMILES string of the molecule is CC1(C)c2ccccc2-c2ccc(-c3c4ccccc4c(-c4nc(-c5ccccc5)nc(-c5ccccc5)n4)c4ccc(-c5ccc6ccccc6c5)cc34)cc21. The van der Waals surface area contributed by atoms with Gasteiger partial charge in [0.15, 0.2) is 17.5 Å². The fraction of sp³-hybridized carbons (Fsp3) is 0.0556. The minimum absolute atomic E-state index is 0.129. The van der Waals surface area contributed by atoms with Crippen LogP contribution in [0.3, 0.4) is 0 Å². The summed E-state index contributed by atoms with van der Waals surface area (Å²) in [5.74, 6) is 1.95. The highest BCUT2D eigenvalue weighted by molar-refractivity contribution is 6.21. The first-order chi connectivity index (χ1) is 28.0. The summed E-state index contributed by atoms with van der Waals surface area (Å²) in [5, 5.41) is 6.97. The van der Waals surface area contributed by atoms with Crippen molar-refractivity contribution in [2.24, 2.45) is 0 Å². The van der Waals surface area contributed by atoms with Crippen molar-refractivity contribution in [3.8, 4) is 67.5 Å². The largest absolute Gasteiger partial charge is 0.208 e. The van der Waals surface area contributed by atoms with Crippen molar-refractivity contribution in [1.29, 1.82) is 0 Å². The van der Waals surface area contributed by atoms with Crippen LogP contribution in [0.5, 0.6) is 0 Å². The van der Waals surface area contributed by atoms with Crippen molar-refractivity contribution < 1.29 is 0 Å². The van der Waals surface area contributed by atoms with Gasteiger partial charge < -0.3 is 0 Å². The molecule has 1 aromatic heterocycles. The van der Waals surface area contributed by atoms with Crippen LogP contribution in [0.4, 0.5) is 0 Å². The predicted molar refractivity (Wildman–Crippen MR) is 237 cm³/mol. The van der Waals surface area contributed by atoms with Gasteiger partial charge in [0.2, 0.25) is 0 Å². The van der Waals surface area contributed by atoms with E-state index in [1.165, 1.54) is 49.7 Å². The second-order valence-corrected chi connectivity index (χ2v) is 15.6. The van der Waals surface area contributed by atoms with E-state index < -0.39 is 0 Å². The van der Waals surface area contributed by atoms with Crippen LogP contribution in [0.15, 0.2) is 188 Å². The van der Waals surface area contributed by atoms with Crippen LogP contribution in [0, 0.1) is 0 Å². The van der Waals surface area contributed by atoms with Crippen LogP contribution >= 0.6 is 0 Å². The molecule has 0 saturated carbocycles. The Kier molecular flexibility index (Phi) is 7.52. The zero-order valence-corrected chi connectivity index (χ0v) is 31.7. The quantitative estimate of drug-likeness (QED) is 0.166. The maximum atomic E-state index is 5.28. The highest BCUT2D eigenvalue weighted by Gasteiger charge is 2.35. The Morgan fingerprint density at radius 1 is 0.316 bits per heavy atom. The summed E-state index contributed by atoms with van der Waals surface area (Å²) in [6, 6.07) is 67.5. The summed E-state index contributed by atoms with van der Waals surface area (Å²) in [5.41, 5.74) is 12.9. The van der Waals surface area contributed by atoms with E-state index in [-0.39, 0.29) is 5.41 Å². The van der Waals surface area contributed by atoms with E-state index in [0.29, 0.717) is 17.5 Å². The van der Waals surface area contributed by atoms with Crippen LogP contribution in [-0.4, -0.2) is 15.0 Å². The van der Waals surface area contributed by atoms with Crippen molar-refractivity contribution in [3.05, 3.63) is 199 Å². The lowest BCUT2D eigenvalue weighted by molar-refractivity contribution is 0.660. The molecule has 0 amide bonds. The number of rotatable bonds is 5. The molecule has 0 spiro atoms. The average Bonchev–Trinajstić information content (AvgIpc) is 3.50. The molecule has 0 atom stereocenters. The zero-order chi connectivity index (χ0) is 38.1. The lowest BCUT2D eigenvalue weighted by atomic mass is 9.80. The molecule has 3 heteroatoms. The fourth-order valence-corrected chi connectivity index (χ4v) is 9.06. The van der Waals surface area contributed by atoms with E-state index in [9.17, 15) is 0 Å². The molecule has 0 bridgehead atoms. The fourth-order valence-electron chi connectivity index (χ4n) is 9.06. The van der Waals surface area contributed by atoms with E-state index in [2.05, 4.69) is 166 Å². The Hall–Kier alpha value is -7.23. The standard InChI is InChI=1S/C54H37N3/c1-54(2)47-24-14-13-21-41(47)42-29-28-40(33-48(42)54)49-43-22-11-12-23-44(43)50(45-30-27-39(32-46(45)49)38-26-25-34-15-9-10-20-37(34)31-38)53-56-51(35-16-5-3-6-17-35)55-52(57-53)36-18-7-4-8-19-36/h3-33H,1-2H3. The highest BCUT2D eigenvalue weighted by atomic mass is 15.0. The monoisotopic (exact) mass is 727 g/mol. The van der Waals surface area contributed by atoms with Crippen LogP contribution in [0.1, 0.15) is 25.0 Å². The molecule has 1 heterocycles. The third-order valence-corrected chi connectivity index (χ3v) is 11.9. The summed E-state index contributed by atoms with van der Waals surface area (Å²) in [4.78, 5) is 15.6. The van der Waals surface area contributed by atoms with Gasteiger partial charge in [-0.05, 0) is 95.0 Å². The first-order valence-corrected chi connectivity index (χ1v) is 19.6. The maximum Gasteiger partial charge on any atom is 0.165 e. The molecule has 0 N–H and O–H groups in total. The molecular weight excluding hydrogens is 691 g/mol. The molecule has 9 aromatic carbocycles. The molecular formula is C54H37N3. The van der Waals surface area contributed by atoms with Crippen LogP contribution in [-0.2, 0) is 5.41 Å². The zero-order valence-electron chi connectivity index (χ0n) is 31.7. The van der Waals surface area contributed by atoms with E-state index in [4.69, 9.17) is 15.0 Å². The number of hydrogen-bond donors (Lipinski definition) is 0. The maximum absolute atomic E-state index is 5.28. The third-order valence-electron chi connectivity index (χ3n) is 11.9. The van der Waals surface area contributed by atoms with Crippen molar-refractivity contribution in [2.45, 2.75) is 19.3 Å². The van der Waals surface area contributed by atoms with Crippen molar-refractivity contribution in [1.82, 2.24) is 15.0 Å². The smallest absolute Gasteiger partial charge is 0.165 e. The Bertz CT molecular complexity index is 3140. The normalized spacial score (nSPS) is 12.9. The summed E-state index contributed by atoms with van der Waals surface area (Å²) in [6.07, 6.45) is 0. The number of fused-ring (bicyclic) bond motifs is 6. The van der Waals surface area contributed by atoms with Gasteiger partial charge in [-0.1, -0.05) is 184 Å². The summed E-state index contributed by atoms with van der Waals surface area (Å²) in [7, 11) is 0. The van der Waals surface area contributed by atoms with Crippen LogP contribution in [0.2, 0.25) is 0 Å². The summed E-state index contributed by atoms with van der Waals surface area (Å²) < 4.78 is 0. The number of aromatic nitrogens is 3.